The molecule has 4 nitrogen and oxygen atoms in total. The number of hydrogen-bond donors (Lipinski definition) is 1. The van der Waals surface area contributed by atoms with E-state index in [0.717, 1.165) is 32.1 Å². The number of anilines is 2. The molecule has 32 heavy (non-hydrogen) atoms. The predicted molar refractivity (Wildman–Crippen MR) is 128 cm³/mol. The zero-order valence-electron chi connectivity index (χ0n) is 17.3. The fourth-order valence-electron chi connectivity index (χ4n) is 4.12. The minimum absolute atomic E-state index is 0.0217. The van der Waals surface area contributed by atoms with Gasteiger partial charge in [-0.3, -0.25) is 4.79 Å². The molecular weight excluding hydrogens is 416 g/mol. The molecule has 0 fully saturated rings. The van der Waals surface area contributed by atoms with Gasteiger partial charge in [-0.05, 0) is 37.3 Å². The van der Waals surface area contributed by atoms with Crippen LogP contribution in [0.2, 0.25) is 0 Å². The molecule has 6 rings (SSSR count). The summed E-state index contributed by atoms with van der Waals surface area (Å²) in [5.74, 6) is 0.624. The fourth-order valence-corrected chi connectivity index (χ4v) is 5.06. The van der Waals surface area contributed by atoms with E-state index in [2.05, 4.69) is 41.7 Å². The lowest BCUT2D eigenvalue weighted by Gasteiger charge is -2.19. The second kappa shape index (κ2) is 7.39. The van der Waals surface area contributed by atoms with Crippen molar-refractivity contribution in [1.82, 2.24) is 5.16 Å². The smallest absolute Gasteiger partial charge is 0.196 e. The molecule has 4 aromatic carbocycles. The summed E-state index contributed by atoms with van der Waals surface area (Å²) >= 11 is 1.62. The molecule has 0 unspecified atom stereocenters. The van der Waals surface area contributed by atoms with Gasteiger partial charge in [0.05, 0.1) is 16.6 Å². The Morgan fingerprint density at radius 1 is 0.875 bits per heavy atom. The first-order valence-corrected chi connectivity index (χ1v) is 11.2. The number of aryl methyl sites for hydroxylation is 1. The summed E-state index contributed by atoms with van der Waals surface area (Å²) in [5, 5.41) is 8.64. The maximum absolute atomic E-state index is 13.6. The van der Waals surface area contributed by atoms with Crippen molar-refractivity contribution in [2.45, 2.75) is 16.7 Å². The highest BCUT2D eigenvalue weighted by Gasteiger charge is 2.32. The van der Waals surface area contributed by atoms with E-state index in [1.807, 2.05) is 60.7 Å². The maximum atomic E-state index is 13.6. The molecule has 0 atom stereocenters. The van der Waals surface area contributed by atoms with E-state index in [4.69, 9.17) is 4.52 Å². The van der Waals surface area contributed by atoms with E-state index in [0.29, 0.717) is 22.4 Å². The quantitative estimate of drug-likeness (QED) is 0.317. The number of benzene rings is 4. The van der Waals surface area contributed by atoms with Crippen LogP contribution in [0.25, 0.3) is 22.2 Å². The molecule has 1 aliphatic rings. The number of carbonyl (C=O) groups excluding carboxylic acids is 1. The molecule has 154 valence electrons. The summed E-state index contributed by atoms with van der Waals surface area (Å²) in [6.07, 6.45) is 0. The van der Waals surface area contributed by atoms with Gasteiger partial charge in [-0.25, -0.2) is 0 Å². The molecular formula is C27H18N2O2S. The van der Waals surface area contributed by atoms with Crippen LogP contribution in [0.1, 0.15) is 21.5 Å². The van der Waals surface area contributed by atoms with E-state index < -0.39 is 0 Å². The van der Waals surface area contributed by atoms with Gasteiger partial charge in [0.1, 0.15) is 5.52 Å². The first kappa shape index (κ1) is 18.9. The van der Waals surface area contributed by atoms with Crippen LogP contribution in [0.15, 0.2) is 99.2 Å². The predicted octanol–water partition coefficient (Wildman–Crippen LogP) is 7.24. The van der Waals surface area contributed by atoms with Gasteiger partial charge in [0.2, 0.25) is 0 Å². The van der Waals surface area contributed by atoms with Gasteiger partial charge in [-0.2, -0.15) is 0 Å². The molecule has 5 aromatic rings. The number of para-hydroxylation sites is 1. The Bertz CT molecular complexity index is 1490. The highest BCUT2D eigenvalue weighted by atomic mass is 32.2. The Hall–Kier alpha value is -3.83. The first-order valence-electron chi connectivity index (χ1n) is 10.4. The highest BCUT2D eigenvalue weighted by molar-refractivity contribution is 7.99. The van der Waals surface area contributed by atoms with Crippen LogP contribution in [-0.4, -0.2) is 10.9 Å². The Morgan fingerprint density at radius 2 is 1.59 bits per heavy atom. The second-order valence-corrected chi connectivity index (χ2v) is 8.93. The molecule has 1 aliphatic carbocycles. The molecule has 0 saturated carbocycles. The van der Waals surface area contributed by atoms with Crippen molar-refractivity contribution in [3.05, 3.63) is 102 Å². The Labute approximate surface area is 189 Å². The molecule has 1 heterocycles. The van der Waals surface area contributed by atoms with Gasteiger partial charge in [-0.15, -0.1) is 0 Å². The number of carbonyl (C=O) groups is 1. The van der Waals surface area contributed by atoms with Gasteiger partial charge >= 0.3 is 0 Å². The van der Waals surface area contributed by atoms with Crippen LogP contribution in [0.5, 0.6) is 0 Å². The van der Waals surface area contributed by atoms with Crippen LogP contribution in [0, 0.1) is 6.92 Å². The minimum atomic E-state index is -0.0217. The molecule has 0 bridgehead atoms. The molecule has 5 heteroatoms. The van der Waals surface area contributed by atoms with Gasteiger partial charge in [0, 0.05) is 26.6 Å². The third kappa shape index (κ3) is 3.01. The number of hydrogen-bond acceptors (Lipinski definition) is 5. The standard InChI is InChI=1S/C27H18N2O2S/c1-16-11-13-18(14-12-16)32-22-15-21(28-17-7-3-2-4-8-17)23-24-25(22)29-31-27(24)20-10-6-5-9-19(20)26(23)30/h2-15,28H,1H3. The molecule has 0 saturated heterocycles. The second-order valence-electron chi connectivity index (χ2n) is 7.81. The van der Waals surface area contributed by atoms with Crippen molar-refractivity contribution in [3.63, 3.8) is 0 Å². The lowest BCUT2D eigenvalue weighted by Crippen LogP contribution is -2.11. The molecule has 0 aliphatic heterocycles. The number of aromatic nitrogens is 1. The van der Waals surface area contributed by atoms with Crippen molar-refractivity contribution in [1.29, 1.82) is 0 Å². The van der Waals surface area contributed by atoms with Gasteiger partial charge in [0.25, 0.3) is 0 Å². The highest BCUT2D eigenvalue weighted by Crippen LogP contribution is 2.47. The number of fused-ring (bicyclic) bond motifs is 2. The number of ketones is 1. The lowest BCUT2D eigenvalue weighted by atomic mass is 9.87. The summed E-state index contributed by atoms with van der Waals surface area (Å²) < 4.78 is 5.83. The zero-order chi connectivity index (χ0) is 21.7. The summed E-state index contributed by atoms with van der Waals surface area (Å²) in [6.45, 7) is 2.07. The van der Waals surface area contributed by atoms with E-state index in [9.17, 15) is 4.79 Å². The van der Waals surface area contributed by atoms with Crippen molar-refractivity contribution >= 4 is 39.8 Å². The number of nitrogens with one attached hydrogen (secondary N) is 1. The lowest BCUT2D eigenvalue weighted by molar-refractivity contribution is 0.104. The monoisotopic (exact) mass is 434 g/mol. The van der Waals surface area contributed by atoms with Crippen LogP contribution in [0.3, 0.4) is 0 Å². The van der Waals surface area contributed by atoms with Crippen molar-refractivity contribution in [2.24, 2.45) is 0 Å². The van der Waals surface area contributed by atoms with Gasteiger partial charge in [0.15, 0.2) is 11.5 Å². The Kier molecular flexibility index (Phi) is 4.37. The third-order valence-electron chi connectivity index (χ3n) is 5.67. The maximum Gasteiger partial charge on any atom is 0.196 e. The molecule has 1 N–H and O–H groups in total. The van der Waals surface area contributed by atoms with Crippen LogP contribution in [-0.2, 0) is 0 Å². The largest absolute Gasteiger partial charge is 0.355 e. The first-order chi connectivity index (χ1) is 15.7. The fraction of sp³-hybridized carbons (Fsp3) is 0.0370. The van der Waals surface area contributed by atoms with Crippen LogP contribution >= 0.6 is 11.8 Å². The van der Waals surface area contributed by atoms with E-state index in [1.54, 1.807) is 11.8 Å². The molecule has 0 spiro atoms. The van der Waals surface area contributed by atoms with Crippen molar-refractivity contribution < 1.29 is 9.32 Å². The third-order valence-corrected chi connectivity index (χ3v) is 6.70. The van der Waals surface area contributed by atoms with E-state index in [-0.39, 0.29) is 5.78 Å². The SMILES string of the molecule is Cc1ccc(Sc2cc(Nc3ccccc3)c3c4c(onc24)-c2ccccc2C3=O)cc1. The van der Waals surface area contributed by atoms with Gasteiger partial charge in [-0.1, -0.05) is 77.1 Å². The summed E-state index contributed by atoms with van der Waals surface area (Å²) in [4.78, 5) is 15.6. The minimum Gasteiger partial charge on any atom is -0.355 e. The van der Waals surface area contributed by atoms with E-state index >= 15 is 0 Å². The molecule has 0 amide bonds. The van der Waals surface area contributed by atoms with Crippen LogP contribution in [0.4, 0.5) is 11.4 Å². The van der Waals surface area contributed by atoms with Crippen molar-refractivity contribution in [2.75, 3.05) is 5.32 Å². The Morgan fingerprint density at radius 3 is 2.38 bits per heavy atom. The molecule has 1 aromatic heterocycles. The number of nitrogens with zero attached hydrogens (tertiary/aromatic N) is 1. The molecule has 0 radical (unpaired) electrons. The van der Waals surface area contributed by atoms with E-state index in [1.165, 1.54) is 5.56 Å². The zero-order valence-corrected chi connectivity index (χ0v) is 18.1. The topological polar surface area (TPSA) is 55.1 Å². The summed E-state index contributed by atoms with van der Waals surface area (Å²) in [5.41, 5.74) is 5.61. The Balaban J connectivity index is 1.59. The number of rotatable bonds is 4. The van der Waals surface area contributed by atoms with Crippen molar-refractivity contribution in [3.8, 4) is 11.3 Å². The normalized spacial score (nSPS) is 12.1. The van der Waals surface area contributed by atoms with Crippen LogP contribution < -0.4 is 5.32 Å². The average Bonchev–Trinajstić information content (AvgIpc) is 3.26. The summed E-state index contributed by atoms with van der Waals surface area (Å²) in [7, 11) is 0. The summed E-state index contributed by atoms with van der Waals surface area (Å²) in [6, 6.07) is 27.8. The van der Waals surface area contributed by atoms with Gasteiger partial charge < -0.3 is 9.84 Å². The average molecular weight is 435 g/mol.